The Kier molecular flexibility index (Phi) is 5.84. The first-order valence-electron chi connectivity index (χ1n) is 10.2. The Morgan fingerprint density at radius 3 is 2.37 bits per heavy atom. The van der Waals surface area contributed by atoms with Gasteiger partial charge in [-0.3, -0.25) is 0 Å². The van der Waals surface area contributed by atoms with E-state index in [1.807, 2.05) is 49.4 Å². The Morgan fingerprint density at radius 2 is 1.70 bits per heavy atom. The van der Waals surface area contributed by atoms with Crippen molar-refractivity contribution in [3.63, 3.8) is 0 Å². The van der Waals surface area contributed by atoms with Gasteiger partial charge in [0.2, 0.25) is 0 Å². The topological polar surface area (TPSA) is 18.5 Å². The monoisotopic (exact) mass is 406 g/mol. The van der Waals surface area contributed by atoms with Crippen molar-refractivity contribution < 1.29 is 18.3 Å². The zero-order valence-electron chi connectivity index (χ0n) is 16.9. The van der Waals surface area contributed by atoms with Crippen LogP contribution in [0.5, 0.6) is 17.2 Å². The second kappa shape index (κ2) is 8.70. The summed E-state index contributed by atoms with van der Waals surface area (Å²) in [6.07, 6.45) is 3.65. The molecule has 1 aliphatic rings. The minimum atomic E-state index is -0.472. The van der Waals surface area contributed by atoms with Crippen LogP contribution in [0.2, 0.25) is 0 Å². The van der Waals surface area contributed by atoms with Crippen LogP contribution in [0.1, 0.15) is 30.9 Å². The first-order valence-corrected chi connectivity index (χ1v) is 10.2. The molecule has 0 spiro atoms. The molecular formula is C26H24F2O2. The Labute approximate surface area is 175 Å². The molecule has 154 valence electrons. The summed E-state index contributed by atoms with van der Waals surface area (Å²) in [7, 11) is 0. The number of para-hydroxylation sites is 1. The van der Waals surface area contributed by atoms with E-state index in [0.29, 0.717) is 17.9 Å². The molecule has 1 saturated carbocycles. The van der Waals surface area contributed by atoms with E-state index in [2.05, 4.69) is 0 Å². The van der Waals surface area contributed by atoms with Crippen LogP contribution in [-0.4, -0.2) is 6.61 Å². The lowest BCUT2D eigenvalue weighted by Gasteiger charge is -2.13. The number of halogens is 2. The van der Waals surface area contributed by atoms with Crippen molar-refractivity contribution in [3.05, 3.63) is 102 Å². The number of hydrogen-bond acceptors (Lipinski definition) is 2. The van der Waals surface area contributed by atoms with Gasteiger partial charge in [-0.1, -0.05) is 36.4 Å². The molecule has 3 aromatic rings. The normalized spacial score (nSPS) is 15.0. The predicted molar refractivity (Wildman–Crippen MR) is 114 cm³/mol. The lowest BCUT2D eigenvalue weighted by molar-refractivity contribution is 0.340. The number of benzene rings is 3. The fraction of sp³-hybridized carbons (Fsp3) is 0.231. The van der Waals surface area contributed by atoms with Crippen molar-refractivity contribution >= 4 is 0 Å². The lowest BCUT2D eigenvalue weighted by atomic mass is 9.94. The van der Waals surface area contributed by atoms with Gasteiger partial charge in [0.15, 0.2) is 11.6 Å². The van der Waals surface area contributed by atoms with Gasteiger partial charge in [0.05, 0.1) is 6.61 Å². The molecule has 0 N–H and O–H groups in total. The summed E-state index contributed by atoms with van der Waals surface area (Å²) in [6, 6.07) is 21.3. The molecule has 1 fully saturated rings. The van der Waals surface area contributed by atoms with Crippen molar-refractivity contribution in [1.29, 1.82) is 0 Å². The Morgan fingerprint density at radius 1 is 0.967 bits per heavy atom. The van der Waals surface area contributed by atoms with Gasteiger partial charge in [-0.15, -0.1) is 0 Å². The summed E-state index contributed by atoms with van der Waals surface area (Å²) in [5.41, 5.74) is 1.50. The highest BCUT2D eigenvalue weighted by molar-refractivity contribution is 5.42. The van der Waals surface area contributed by atoms with Crippen molar-refractivity contribution in [2.24, 2.45) is 0 Å². The van der Waals surface area contributed by atoms with Crippen molar-refractivity contribution in [2.75, 3.05) is 6.61 Å². The van der Waals surface area contributed by atoms with Gasteiger partial charge in [-0.05, 0) is 73.4 Å². The summed E-state index contributed by atoms with van der Waals surface area (Å²) >= 11 is 0. The molecular weight excluding hydrogens is 382 g/mol. The maximum absolute atomic E-state index is 14.9. The molecule has 2 nitrogen and oxygen atoms in total. The third kappa shape index (κ3) is 4.70. The molecule has 0 amide bonds. The van der Waals surface area contributed by atoms with Crippen LogP contribution in [0.25, 0.3) is 0 Å². The van der Waals surface area contributed by atoms with Gasteiger partial charge in [0.1, 0.15) is 17.3 Å². The zero-order valence-corrected chi connectivity index (χ0v) is 16.9. The standard InChI is InChI=1S/C26H24F2O2/c1-2-29-22-11-9-20(10-12-22)26(14-15-26)18-21(27)16-19-8-13-24(28)25(17-19)30-23-6-4-3-5-7-23/h3-13,17-18H,2,14-16H2,1H3/b21-18-. The molecule has 0 saturated heterocycles. The maximum atomic E-state index is 14.9. The zero-order chi connectivity index (χ0) is 21.0. The van der Waals surface area contributed by atoms with Gasteiger partial charge in [-0.2, -0.15) is 0 Å². The third-order valence-electron chi connectivity index (χ3n) is 5.30. The highest BCUT2D eigenvalue weighted by Gasteiger charge is 2.42. The minimum Gasteiger partial charge on any atom is -0.494 e. The Balaban J connectivity index is 1.48. The van der Waals surface area contributed by atoms with Crippen LogP contribution in [0.15, 0.2) is 84.7 Å². The number of hydrogen-bond donors (Lipinski definition) is 0. The third-order valence-corrected chi connectivity index (χ3v) is 5.30. The number of ether oxygens (including phenoxy) is 2. The van der Waals surface area contributed by atoms with Crippen LogP contribution in [0, 0.1) is 5.82 Å². The van der Waals surface area contributed by atoms with Crippen molar-refractivity contribution in [3.8, 4) is 17.2 Å². The molecule has 4 rings (SSSR count). The van der Waals surface area contributed by atoms with Crippen molar-refractivity contribution in [2.45, 2.75) is 31.6 Å². The van der Waals surface area contributed by atoms with Gasteiger partial charge in [0.25, 0.3) is 0 Å². The first kappa shape index (κ1) is 20.1. The first-order chi connectivity index (χ1) is 14.6. The summed E-state index contributed by atoms with van der Waals surface area (Å²) < 4.78 is 40.1. The van der Waals surface area contributed by atoms with Gasteiger partial charge < -0.3 is 9.47 Å². The van der Waals surface area contributed by atoms with Crippen LogP contribution >= 0.6 is 0 Å². The number of rotatable bonds is 8. The summed E-state index contributed by atoms with van der Waals surface area (Å²) in [6.45, 7) is 2.56. The Hall–Kier alpha value is -3.14. The molecule has 0 aromatic heterocycles. The Bertz CT molecular complexity index is 1020. The molecule has 0 bridgehead atoms. The molecule has 0 aliphatic heterocycles. The molecule has 0 heterocycles. The molecule has 4 heteroatoms. The summed E-state index contributed by atoms with van der Waals surface area (Å²) in [5.74, 6) is 0.758. The lowest BCUT2D eigenvalue weighted by Crippen LogP contribution is -2.04. The molecule has 0 atom stereocenters. The maximum Gasteiger partial charge on any atom is 0.165 e. The van der Waals surface area contributed by atoms with E-state index in [-0.39, 0.29) is 23.4 Å². The van der Waals surface area contributed by atoms with E-state index in [1.165, 1.54) is 6.07 Å². The molecule has 30 heavy (non-hydrogen) atoms. The molecule has 1 aliphatic carbocycles. The number of allylic oxidation sites excluding steroid dienone is 2. The van der Waals surface area contributed by atoms with E-state index in [4.69, 9.17) is 9.47 Å². The van der Waals surface area contributed by atoms with Crippen LogP contribution < -0.4 is 9.47 Å². The second-order valence-corrected chi connectivity index (χ2v) is 7.56. The van der Waals surface area contributed by atoms with E-state index >= 15 is 0 Å². The van der Waals surface area contributed by atoms with E-state index in [0.717, 1.165) is 24.2 Å². The summed E-state index contributed by atoms with van der Waals surface area (Å²) in [4.78, 5) is 0. The molecule has 3 aromatic carbocycles. The van der Waals surface area contributed by atoms with Crippen LogP contribution in [0.4, 0.5) is 8.78 Å². The van der Waals surface area contributed by atoms with E-state index in [9.17, 15) is 8.78 Å². The predicted octanol–water partition coefficient (Wildman–Crippen LogP) is 7.14. The highest BCUT2D eigenvalue weighted by atomic mass is 19.1. The van der Waals surface area contributed by atoms with Gasteiger partial charge in [0, 0.05) is 11.8 Å². The van der Waals surface area contributed by atoms with Crippen LogP contribution in [0.3, 0.4) is 0 Å². The van der Waals surface area contributed by atoms with Gasteiger partial charge in [-0.25, -0.2) is 8.78 Å². The molecule has 0 radical (unpaired) electrons. The minimum absolute atomic E-state index is 0.0964. The largest absolute Gasteiger partial charge is 0.494 e. The summed E-state index contributed by atoms with van der Waals surface area (Å²) in [5, 5.41) is 0. The van der Waals surface area contributed by atoms with E-state index in [1.54, 1.807) is 30.3 Å². The quantitative estimate of drug-likeness (QED) is 0.396. The van der Waals surface area contributed by atoms with Gasteiger partial charge >= 0.3 is 0 Å². The second-order valence-electron chi connectivity index (χ2n) is 7.56. The smallest absolute Gasteiger partial charge is 0.165 e. The average molecular weight is 406 g/mol. The SMILES string of the molecule is CCOc1ccc(C2(/C=C(\F)Cc3ccc(F)c(Oc4ccccc4)c3)CC2)cc1. The van der Waals surface area contributed by atoms with Crippen LogP contribution in [-0.2, 0) is 11.8 Å². The highest BCUT2D eigenvalue weighted by Crippen LogP contribution is 2.50. The fourth-order valence-electron chi connectivity index (χ4n) is 3.60. The fourth-order valence-corrected chi connectivity index (χ4v) is 3.60. The van der Waals surface area contributed by atoms with Crippen molar-refractivity contribution in [1.82, 2.24) is 0 Å². The molecule has 0 unspecified atom stereocenters. The van der Waals surface area contributed by atoms with E-state index < -0.39 is 5.82 Å². The average Bonchev–Trinajstić information content (AvgIpc) is 3.52.